The summed E-state index contributed by atoms with van der Waals surface area (Å²) in [5, 5.41) is 9.15. The molecule has 0 aliphatic rings. The molecule has 0 amide bonds. The Bertz CT molecular complexity index is 987. The Labute approximate surface area is 140 Å². The number of aromatic nitrogens is 1. The molecule has 0 atom stereocenters. The van der Waals surface area contributed by atoms with Gasteiger partial charge in [0.2, 0.25) is 10.0 Å². The summed E-state index contributed by atoms with van der Waals surface area (Å²) in [6, 6.07) is 14.0. The van der Waals surface area contributed by atoms with Crippen molar-refractivity contribution in [1.82, 2.24) is 10.3 Å². The Balaban J connectivity index is 1.98. The van der Waals surface area contributed by atoms with Gasteiger partial charge in [0.15, 0.2) is 0 Å². The van der Waals surface area contributed by atoms with E-state index < -0.39 is 10.0 Å². The zero-order valence-electron chi connectivity index (χ0n) is 13.1. The van der Waals surface area contributed by atoms with Gasteiger partial charge in [-0.25, -0.2) is 13.6 Å². The Morgan fingerprint density at radius 3 is 2.75 bits per heavy atom. The summed E-state index contributed by atoms with van der Waals surface area (Å²) in [6.45, 7) is 0.452. The summed E-state index contributed by atoms with van der Waals surface area (Å²) in [5.74, 6) is 1.22. The summed E-state index contributed by atoms with van der Waals surface area (Å²) in [6.07, 6.45) is 1.74. The van der Waals surface area contributed by atoms with Crippen molar-refractivity contribution in [2.45, 2.75) is 11.4 Å². The highest BCUT2D eigenvalue weighted by molar-refractivity contribution is 7.89. The molecular weight excluding hydrogens is 326 g/mol. The van der Waals surface area contributed by atoms with Crippen LogP contribution in [0.1, 0.15) is 5.56 Å². The molecule has 7 heteroatoms. The van der Waals surface area contributed by atoms with Gasteiger partial charge in [-0.05, 0) is 49.5 Å². The van der Waals surface area contributed by atoms with Gasteiger partial charge in [0.25, 0.3) is 0 Å². The number of pyridine rings is 1. The van der Waals surface area contributed by atoms with Crippen LogP contribution in [-0.4, -0.2) is 20.4 Å². The van der Waals surface area contributed by atoms with E-state index in [1.54, 1.807) is 19.3 Å². The molecule has 3 N–H and O–H groups in total. The highest BCUT2D eigenvalue weighted by Crippen LogP contribution is 2.29. The van der Waals surface area contributed by atoms with Crippen molar-refractivity contribution in [3.63, 3.8) is 0 Å². The Morgan fingerprint density at radius 1 is 1.17 bits per heavy atom. The number of ether oxygens (including phenoxy) is 1. The lowest BCUT2D eigenvalue weighted by atomic mass is 10.2. The number of hydrogen-bond donors (Lipinski definition) is 2. The number of nitrogens with two attached hydrogens (primary N) is 1. The number of rotatable bonds is 5. The maximum absolute atomic E-state index is 11.5. The summed E-state index contributed by atoms with van der Waals surface area (Å²) in [4.78, 5) is 4.33. The minimum atomic E-state index is -3.75. The summed E-state index contributed by atoms with van der Waals surface area (Å²) >= 11 is 0. The van der Waals surface area contributed by atoms with E-state index in [-0.39, 0.29) is 4.90 Å². The van der Waals surface area contributed by atoms with Crippen LogP contribution in [0, 0.1) is 0 Å². The Morgan fingerprint density at radius 2 is 2.00 bits per heavy atom. The number of fused-ring (bicyclic) bond motifs is 1. The summed E-state index contributed by atoms with van der Waals surface area (Å²) in [7, 11) is -1.98. The lowest BCUT2D eigenvalue weighted by Crippen LogP contribution is -2.14. The molecular formula is C17H17N3O3S. The molecule has 124 valence electrons. The Kier molecular flexibility index (Phi) is 4.48. The van der Waals surface area contributed by atoms with Gasteiger partial charge in [0.05, 0.1) is 10.4 Å². The molecule has 0 spiro atoms. The van der Waals surface area contributed by atoms with Crippen LogP contribution in [-0.2, 0) is 16.6 Å². The molecule has 0 unspecified atom stereocenters. The van der Waals surface area contributed by atoms with Crippen LogP contribution in [0.4, 0.5) is 0 Å². The van der Waals surface area contributed by atoms with Gasteiger partial charge in [-0.2, -0.15) is 0 Å². The van der Waals surface area contributed by atoms with E-state index in [1.165, 1.54) is 12.1 Å². The third-order valence-electron chi connectivity index (χ3n) is 3.53. The molecule has 6 nitrogen and oxygen atoms in total. The summed E-state index contributed by atoms with van der Waals surface area (Å²) in [5.41, 5.74) is 1.58. The number of benzene rings is 2. The largest absolute Gasteiger partial charge is 0.457 e. The second-order valence-electron chi connectivity index (χ2n) is 5.30. The molecule has 0 saturated heterocycles. The first kappa shape index (κ1) is 16.4. The quantitative estimate of drug-likeness (QED) is 0.742. The van der Waals surface area contributed by atoms with Crippen molar-refractivity contribution in [2.75, 3.05) is 7.05 Å². The minimum Gasteiger partial charge on any atom is -0.457 e. The van der Waals surface area contributed by atoms with Gasteiger partial charge in [0.1, 0.15) is 11.5 Å². The van der Waals surface area contributed by atoms with E-state index >= 15 is 0 Å². The predicted molar refractivity (Wildman–Crippen MR) is 92.4 cm³/mol. The van der Waals surface area contributed by atoms with Crippen molar-refractivity contribution < 1.29 is 13.2 Å². The molecule has 3 rings (SSSR count). The van der Waals surface area contributed by atoms with Crippen LogP contribution in [0.2, 0.25) is 0 Å². The van der Waals surface area contributed by atoms with Crippen molar-refractivity contribution in [1.29, 1.82) is 0 Å². The van der Waals surface area contributed by atoms with Gasteiger partial charge < -0.3 is 10.1 Å². The first-order chi connectivity index (χ1) is 11.5. The fourth-order valence-corrected chi connectivity index (χ4v) is 2.97. The number of nitrogens with one attached hydrogen (secondary N) is 1. The number of hydrogen-bond acceptors (Lipinski definition) is 5. The average molecular weight is 343 g/mol. The van der Waals surface area contributed by atoms with E-state index in [1.807, 2.05) is 30.3 Å². The second kappa shape index (κ2) is 6.56. The van der Waals surface area contributed by atoms with Gasteiger partial charge >= 0.3 is 0 Å². The zero-order chi connectivity index (χ0) is 17.2. The van der Waals surface area contributed by atoms with Crippen LogP contribution in [0.25, 0.3) is 10.9 Å². The molecule has 2 aromatic carbocycles. The van der Waals surface area contributed by atoms with Crippen LogP contribution in [0.15, 0.2) is 59.6 Å². The predicted octanol–water partition coefficient (Wildman–Crippen LogP) is 2.39. The van der Waals surface area contributed by atoms with E-state index in [4.69, 9.17) is 9.88 Å². The molecule has 1 aromatic heterocycles. The molecule has 3 aromatic rings. The highest BCUT2D eigenvalue weighted by Gasteiger charge is 2.13. The normalized spacial score (nSPS) is 11.6. The first-order valence-electron chi connectivity index (χ1n) is 7.30. The molecule has 0 fully saturated rings. The molecule has 24 heavy (non-hydrogen) atoms. The lowest BCUT2D eigenvalue weighted by molar-refractivity contribution is 0.474. The smallest absolute Gasteiger partial charge is 0.238 e. The highest BCUT2D eigenvalue weighted by atomic mass is 32.2. The molecule has 0 radical (unpaired) electrons. The molecule has 1 heterocycles. The third kappa shape index (κ3) is 3.53. The van der Waals surface area contributed by atoms with E-state index in [9.17, 15) is 8.42 Å². The zero-order valence-corrected chi connectivity index (χ0v) is 13.9. The van der Waals surface area contributed by atoms with Gasteiger partial charge in [-0.15, -0.1) is 0 Å². The van der Waals surface area contributed by atoms with Crippen molar-refractivity contribution in [2.24, 2.45) is 5.14 Å². The average Bonchev–Trinajstić information content (AvgIpc) is 2.55. The summed E-state index contributed by atoms with van der Waals surface area (Å²) < 4.78 is 29.0. The third-order valence-corrected chi connectivity index (χ3v) is 4.44. The van der Waals surface area contributed by atoms with Crippen LogP contribution < -0.4 is 15.2 Å². The minimum absolute atomic E-state index is 0.0582. The molecule has 0 bridgehead atoms. The molecule has 0 saturated carbocycles. The van der Waals surface area contributed by atoms with Gasteiger partial charge in [-0.1, -0.05) is 6.07 Å². The van der Waals surface area contributed by atoms with Crippen LogP contribution in [0.5, 0.6) is 11.5 Å². The fraction of sp³-hybridized carbons (Fsp3) is 0.118. The fourth-order valence-electron chi connectivity index (χ4n) is 2.41. The van der Waals surface area contributed by atoms with Crippen LogP contribution >= 0.6 is 0 Å². The van der Waals surface area contributed by atoms with Crippen molar-refractivity contribution in [3.05, 3.63) is 60.3 Å². The standard InChI is InChI=1S/C17H17N3O3S/c1-19-11-13-10-15(24(18,21)22)5-7-17(13)23-14-4-6-16-12(9-14)3-2-8-20-16/h2-10,19H,11H2,1H3,(H2,18,21,22). The Hall–Kier alpha value is -2.48. The lowest BCUT2D eigenvalue weighted by Gasteiger charge is -2.13. The first-order valence-corrected chi connectivity index (χ1v) is 8.85. The van der Waals surface area contributed by atoms with E-state index in [0.29, 0.717) is 23.6 Å². The second-order valence-corrected chi connectivity index (χ2v) is 6.87. The maximum atomic E-state index is 11.5. The molecule has 0 aliphatic carbocycles. The van der Waals surface area contributed by atoms with Gasteiger partial charge in [-0.3, -0.25) is 4.98 Å². The number of nitrogens with zero attached hydrogens (tertiary/aromatic N) is 1. The number of sulfonamides is 1. The maximum Gasteiger partial charge on any atom is 0.238 e. The van der Waals surface area contributed by atoms with Crippen molar-refractivity contribution in [3.8, 4) is 11.5 Å². The monoisotopic (exact) mass is 343 g/mol. The van der Waals surface area contributed by atoms with E-state index in [0.717, 1.165) is 10.9 Å². The van der Waals surface area contributed by atoms with E-state index in [2.05, 4.69) is 10.3 Å². The van der Waals surface area contributed by atoms with Crippen LogP contribution in [0.3, 0.4) is 0 Å². The topological polar surface area (TPSA) is 94.3 Å². The number of primary sulfonamides is 1. The van der Waals surface area contributed by atoms with Gasteiger partial charge in [0, 0.05) is 23.7 Å². The van der Waals surface area contributed by atoms with Crippen molar-refractivity contribution >= 4 is 20.9 Å². The SMILES string of the molecule is CNCc1cc(S(N)(=O)=O)ccc1Oc1ccc2ncccc2c1. The molecule has 0 aliphatic heterocycles.